The topological polar surface area (TPSA) is 9.86 Å². The lowest BCUT2D eigenvalue weighted by atomic mass is 9.94. The molecule has 0 fully saturated rings. The Morgan fingerprint density at radius 1 is 0.500 bits per heavy atom. The highest BCUT2D eigenvalue weighted by Crippen LogP contribution is 2.45. The number of fused-ring (bicyclic) bond motifs is 10. The van der Waals surface area contributed by atoms with E-state index in [9.17, 15) is 0 Å². The summed E-state index contributed by atoms with van der Waals surface area (Å²) >= 11 is 0. The van der Waals surface area contributed by atoms with Crippen LogP contribution < -0.4 is 0 Å². The Bertz CT molecular complexity index is 2750. The van der Waals surface area contributed by atoms with Gasteiger partial charge in [0.1, 0.15) is 0 Å². The number of aromatic nitrogens is 2. The van der Waals surface area contributed by atoms with Gasteiger partial charge in [0.25, 0.3) is 0 Å². The van der Waals surface area contributed by atoms with Crippen LogP contribution in [-0.4, -0.2) is 9.13 Å². The van der Waals surface area contributed by atoms with Gasteiger partial charge in [0, 0.05) is 49.9 Å². The van der Waals surface area contributed by atoms with Crippen LogP contribution >= 0.6 is 0 Å². The van der Waals surface area contributed by atoms with Crippen LogP contribution in [0.5, 0.6) is 0 Å². The summed E-state index contributed by atoms with van der Waals surface area (Å²) in [5.41, 5.74) is 12.9. The monoisotopic (exact) mass is 620 g/mol. The summed E-state index contributed by atoms with van der Waals surface area (Å²) in [7, 11) is 0. The molecule has 0 aliphatic rings. The zero-order chi connectivity index (χ0) is 32.8. The second kappa shape index (κ2) is 10.6. The molecule has 0 atom stereocenters. The van der Waals surface area contributed by atoms with Gasteiger partial charge in [-0.1, -0.05) is 98.8 Å². The Morgan fingerprint density at radius 2 is 1.17 bits per heavy atom. The van der Waals surface area contributed by atoms with Crippen LogP contribution in [-0.2, 0) is 0 Å². The van der Waals surface area contributed by atoms with E-state index in [-0.39, 0.29) is 0 Å². The van der Waals surface area contributed by atoms with Gasteiger partial charge < -0.3 is 9.13 Å². The average molecular weight is 621 g/mol. The number of aryl methyl sites for hydroxylation is 2. The molecule has 7 aromatic carbocycles. The molecule has 0 aliphatic heterocycles. The highest BCUT2D eigenvalue weighted by Gasteiger charge is 2.22. The average Bonchev–Trinajstić information content (AvgIpc) is 3.62. The van der Waals surface area contributed by atoms with Crippen molar-refractivity contribution in [3.63, 3.8) is 0 Å². The second-order valence-corrected chi connectivity index (χ2v) is 14.2. The fourth-order valence-electron chi connectivity index (χ4n) is 8.54. The quantitative estimate of drug-likeness (QED) is 0.185. The minimum Gasteiger partial charge on any atom is -0.338 e. The maximum absolute atomic E-state index is 2.55. The Kier molecular flexibility index (Phi) is 6.36. The molecular formula is C46H40N2. The zero-order valence-electron chi connectivity index (χ0n) is 28.6. The highest BCUT2D eigenvalue weighted by molar-refractivity contribution is 6.26. The van der Waals surface area contributed by atoms with Crippen molar-refractivity contribution in [3.05, 3.63) is 138 Å². The molecule has 2 heteroatoms. The van der Waals surface area contributed by atoms with Crippen LogP contribution in [0.25, 0.3) is 82.0 Å². The van der Waals surface area contributed by atoms with E-state index in [1.165, 1.54) is 98.7 Å². The normalized spacial score (nSPS) is 12.3. The Morgan fingerprint density at radius 3 is 1.92 bits per heavy atom. The van der Waals surface area contributed by atoms with E-state index in [0.717, 1.165) is 0 Å². The summed E-state index contributed by atoms with van der Waals surface area (Å²) in [6.45, 7) is 13.7. The molecule has 48 heavy (non-hydrogen) atoms. The maximum atomic E-state index is 2.55. The Labute approximate surface area is 281 Å². The number of hydrogen-bond donors (Lipinski definition) is 0. The number of para-hydroxylation sites is 1. The molecule has 0 aliphatic carbocycles. The van der Waals surface area contributed by atoms with Gasteiger partial charge in [0.15, 0.2) is 0 Å². The van der Waals surface area contributed by atoms with Crippen molar-refractivity contribution in [1.29, 1.82) is 0 Å². The molecule has 0 N–H and O–H groups in total. The molecule has 2 nitrogen and oxygen atoms in total. The summed E-state index contributed by atoms with van der Waals surface area (Å²) in [6.07, 6.45) is 0. The fourth-order valence-corrected chi connectivity index (χ4v) is 8.54. The van der Waals surface area contributed by atoms with Gasteiger partial charge in [0.2, 0.25) is 0 Å². The van der Waals surface area contributed by atoms with E-state index >= 15 is 0 Å². The largest absolute Gasteiger partial charge is 0.338 e. The van der Waals surface area contributed by atoms with Crippen LogP contribution in [0.3, 0.4) is 0 Å². The number of nitrogens with zero attached hydrogens (tertiary/aromatic N) is 2. The zero-order valence-corrected chi connectivity index (χ0v) is 28.6. The van der Waals surface area contributed by atoms with Gasteiger partial charge in [-0.3, -0.25) is 0 Å². The third kappa shape index (κ3) is 4.05. The van der Waals surface area contributed by atoms with E-state index < -0.39 is 0 Å². The minimum absolute atomic E-state index is 0.340. The SMILES string of the molecule is Cc1cc(-n2c3ccccc3c3c4ccccc4cc(-c4ccc5c(c4)c4c6ccccc6ccc4n5C(C)C)c32)c(C)cc1C(C)C. The summed E-state index contributed by atoms with van der Waals surface area (Å²) in [5, 5.41) is 10.4. The first-order valence-corrected chi connectivity index (χ1v) is 17.3. The molecule has 0 bridgehead atoms. The second-order valence-electron chi connectivity index (χ2n) is 14.2. The van der Waals surface area contributed by atoms with E-state index in [0.29, 0.717) is 12.0 Å². The molecule has 2 aromatic heterocycles. The van der Waals surface area contributed by atoms with Crippen LogP contribution in [0.15, 0.2) is 121 Å². The van der Waals surface area contributed by atoms with E-state index in [2.05, 4.69) is 172 Å². The lowest BCUT2D eigenvalue weighted by Gasteiger charge is -2.19. The predicted molar refractivity (Wildman–Crippen MR) is 208 cm³/mol. The van der Waals surface area contributed by atoms with E-state index in [1.807, 2.05) is 0 Å². The van der Waals surface area contributed by atoms with Gasteiger partial charge in [-0.2, -0.15) is 0 Å². The van der Waals surface area contributed by atoms with Gasteiger partial charge in [0.05, 0.1) is 11.0 Å². The minimum atomic E-state index is 0.340. The van der Waals surface area contributed by atoms with Crippen molar-refractivity contribution >= 4 is 65.2 Å². The van der Waals surface area contributed by atoms with Crippen LogP contribution in [0, 0.1) is 13.8 Å². The van der Waals surface area contributed by atoms with Crippen molar-refractivity contribution in [2.75, 3.05) is 0 Å². The van der Waals surface area contributed by atoms with E-state index in [4.69, 9.17) is 0 Å². The first-order valence-electron chi connectivity index (χ1n) is 17.3. The molecule has 0 spiro atoms. The molecule has 9 rings (SSSR count). The lowest BCUT2D eigenvalue weighted by Crippen LogP contribution is -2.02. The molecule has 0 unspecified atom stereocenters. The molecule has 0 saturated heterocycles. The first-order chi connectivity index (χ1) is 23.3. The lowest BCUT2D eigenvalue weighted by molar-refractivity contribution is 0.642. The number of benzene rings is 7. The van der Waals surface area contributed by atoms with Crippen molar-refractivity contribution in [2.24, 2.45) is 0 Å². The summed E-state index contributed by atoms with van der Waals surface area (Å²) in [6, 6.07) is 46.1. The summed E-state index contributed by atoms with van der Waals surface area (Å²) < 4.78 is 5.06. The third-order valence-corrected chi connectivity index (χ3v) is 10.6. The molecule has 0 radical (unpaired) electrons. The van der Waals surface area contributed by atoms with Gasteiger partial charge in [-0.15, -0.1) is 0 Å². The van der Waals surface area contributed by atoms with Gasteiger partial charge in [-0.05, 0) is 114 Å². The highest BCUT2D eigenvalue weighted by atomic mass is 15.0. The molecule has 0 amide bonds. The van der Waals surface area contributed by atoms with Crippen LogP contribution in [0.4, 0.5) is 0 Å². The van der Waals surface area contributed by atoms with Crippen molar-refractivity contribution in [3.8, 4) is 16.8 Å². The molecule has 234 valence electrons. The Balaban J connectivity index is 1.46. The predicted octanol–water partition coefficient (Wildman–Crippen LogP) is 13.2. The smallest absolute Gasteiger partial charge is 0.0626 e. The molecule has 0 saturated carbocycles. The fraction of sp³-hybridized carbons (Fsp3) is 0.174. The number of rotatable bonds is 4. The van der Waals surface area contributed by atoms with Crippen molar-refractivity contribution in [1.82, 2.24) is 9.13 Å². The molecule has 2 heterocycles. The van der Waals surface area contributed by atoms with Crippen LogP contribution in [0.2, 0.25) is 0 Å². The number of hydrogen-bond acceptors (Lipinski definition) is 0. The van der Waals surface area contributed by atoms with Gasteiger partial charge >= 0.3 is 0 Å². The summed E-state index contributed by atoms with van der Waals surface area (Å²) in [5.74, 6) is 0.478. The van der Waals surface area contributed by atoms with E-state index in [1.54, 1.807) is 0 Å². The van der Waals surface area contributed by atoms with Gasteiger partial charge in [-0.25, -0.2) is 0 Å². The molecule has 9 aromatic rings. The first kappa shape index (κ1) is 28.8. The Hall–Kier alpha value is -5.34. The van der Waals surface area contributed by atoms with Crippen LogP contribution in [0.1, 0.15) is 56.3 Å². The summed E-state index contributed by atoms with van der Waals surface area (Å²) in [4.78, 5) is 0. The molecular weight excluding hydrogens is 581 g/mol. The van der Waals surface area contributed by atoms with Crippen molar-refractivity contribution < 1.29 is 0 Å². The standard InChI is InChI=1S/C46H40N2/c1-27(2)37-23-30(6)43(24-29(37)5)48-40-18-12-11-17-36(40)45-35-16-10-8-14-32(35)25-38(46(45)48)33-20-21-41-39(26-33)44-34-15-9-7-13-31(34)19-22-42(44)47(41)28(3)4/h7-28H,1-6H3. The maximum Gasteiger partial charge on any atom is 0.0626 e. The third-order valence-electron chi connectivity index (χ3n) is 10.6. The van der Waals surface area contributed by atoms with Crippen molar-refractivity contribution in [2.45, 2.75) is 53.5 Å².